The molecule has 1 aromatic carbocycles. The van der Waals surface area contributed by atoms with Crippen LogP contribution < -0.4 is 15.8 Å². The molecule has 9 heteroatoms. The van der Waals surface area contributed by atoms with Gasteiger partial charge in [0, 0.05) is 23.4 Å². The van der Waals surface area contributed by atoms with Gasteiger partial charge in [0.2, 0.25) is 5.91 Å². The van der Waals surface area contributed by atoms with E-state index in [1.165, 1.54) is 18.2 Å². The standard InChI is InChI=1S/C15H17F3N4O2/c1-8-12(9(2)22-21-8)13(19)14(23)20-7-10-5-3-4-6-11(10)24-15(16,17)18/h3-6,13H,7,19H2,1-2H3,(H,20,23)(H,21,22)/t13-/m0/s1. The second-order valence-electron chi connectivity index (χ2n) is 5.20. The summed E-state index contributed by atoms with van der Waals surface area (Å²) in [6.07, 6.45) is -4.80. The average Bonchev–Trinajstić information content (AvgIpc) is 2.83. The van der Waals surface area contributed by atoms with Crippen LogP contribution in [0.4, 0.5) is 13.2 Å². The van der Waals surface area contributed by atoms with Crippen LogP contribution in [0.15, 0.2) is 24.3 Å². The predicted molar refractivity (Wildman–Crippen MR) is 80.0 cm³/mol. The van der Waals surface area contributed by atoms with E-state index in [2.05, 4.69) is 20.3 Å². The highest BCUT2D eigenvalue weighted by Gasteiger charge is 2.32. The Hall–Kier alpha value is -2.55. The Bertz CT molecular complexity index is 708. The van der Waals surface area contributed by atoms with Crippen molar-refractivity contribution in [2.24, 2.45) is 5.73 Å². The molecule has 0 aliphatic carbocycles. The fourth-order valence-corrected chi connectivity index (χ4v) is 2.32. The minimum atomic E-state index is -4.80. The van der Waals surface area contributed by atoms with E-state index in [1.807, 2.05) is 0 Å². The van der Waals surface area contributed by atoms with Crippen LogP contribution in [0.2, 0.25) is 0 Å². The maximum absolute atomic E-state index is 12.4. The third-order valence-electron chi connectivity index (χ3n) is 3.43. The molecular formula is C15H17F3N4O2. The van der Waals surface area contributed by atoms with Crippen molar-refractivity contribution in [1.82, 2.24) is 15.5 Å². The lowest BCUT2D eigenvalue weighted by Crippen LogP contribution is -2.34. The van der Waals surface area contributed by atoms with Crippen molar-refractivity contribution in [2.45, 2.75) is 32.8 Å². The summed E-state index contributed by atoms with van der Waals surface area (Å²) in [7, 11) is 0. The molecular weight excluding hydrogens is 325 g/mol. The number of alkyl halides is 3. The van der Waals surface area contributed by atoms with Crippen molar-refractivity contribution in [1.29, 1.82) is 0 Å². The van der Waals surface area contributed by atoms with E-state index in [0.29, 0.717) is 17.0 Å². The summed E-state index contributed by atoms with van der Waals surface area (Å²) in [4.78, 5) is 12.2. The largest absolute Gasteiger partial charge is 0.573 e. The topological polar surface area (TPSA) is 93.0 Å². The number of nitrogens with zero attached hydrogens (tertiary/aromatic N) is 1. The van der Waals surface area contributed by atoms with Crippen LogP contribution in [0.3, 0.4) is 0 Å². The Morgan fingerprint density at radius 1 is 1.38 bits per heavy atom. The Balaban J connectivity index is 2.07. The molecule has 0 saturated carbocycles. The Kier molecular flexibility index (Phi) is 5.13. The lowest BCUT2D eigenvalue weighted by molar-refractivity contribution is -0.274. The maximum Gasteiger partial charge on any atom is 0.573 e. The van der Waals surface area contributed by atoms with Gasteiger partial charge >= 0.3 is 6.36 Å². The number of carbonyl (C=O) groups is 1. The summed E-state index contributed by atoms with van der Waals surface area (Å²) < 4.78 is 41.1. The number of halogens is 3. The van der Waals surface area contributed by atoms with Crippen LogP contribution in [0.25, 0.3) is 0 Å². The zero-order valence-corrected chi connectivity index (χ0v) is 13.1. The van der Waals surface area contributed by atoms with Crippen LogP contribution in [-0.4, -0.2) is 22.5 Å². The first kappa shape index (κ1) is 17.8. The summed E-state index contributed by atoms with van der Waals surface area (Å²) in [5, 5.41) is 9.20. The summed E-state index contributed by atoms with van der Waals surface area (Å²) in [6.45, 7) is 3.29. The van der Waals surface area contributed by atoms with Gasteiger partial charge in [0.15, 0.2) is 0 Å². The van der Waals surface area contributed by atoms with E-state index in [0.717, 1.165) is 0 Å². The summed E-state index contributed by atoms with van der Waals surface area (Å²) >= 11 is 0. The molecule has 0 aliphatic heterocycles. The van der Waals surface area contributed by atoms with E-state index in [-0.39, 0.29) is 17.9 Å². The van der Waals surface area contributed by atoms with Crippen LogP contribution in [-0.2, 0) is 11.3 Å². The van der Waals surface area contributed by atoms with Gasteiger partial charge in [0.25, 0.3) is 0 Å². The number of hydrogen-bond acceptors (Lipinski definition) is 4. The zero-order valence-electron chi connectivity index (χ0n) is 13.1. The molecule has 0 aliphatic rings. The maximum atomic E-state index is 12.4. The monoisotopic (exact) mass is 342 g/mol. The van der Waals surface area contributed by atoms with Crippen molar-refractivity contribution in [3.05, 3.63) is 46.8 Å². The molecule has 1 heterocycles. The van der Waals surface area contributed by atoms with Gasteiger partial charge in [-0.25, -0.2) is 0 Å². The van der Waals surface area contributed by atoms with Crippen molar-refractivity contribution >= 4 is 5.91 Å². The first-order valence-electron chi connectivity index (χ1n) is 7.07. The van der Waals surface area contributed by atoms with E-state index >= 15 is 0 Å². The van der Waals surface area contributed by atoms with Crippen LogP contribution in [0.1, 0.15) is 28.6 Å². The molecule has 1 aromatic heterocycles. The number of amides is 1. The number of ether oxygens (including phenoxy) is 1. The molecule has 0 unspecified atom stereocenters. The lowest BCUT2D eigenvalue weighted by atomic mass is 10.1. The third kappa shape index (κ3) is 4.25. The summed E-state index contributed by atoms with van der Waals surface area (Å²) in [5.74, 6) is -0.890. The molecule has 2 aromatic rings. The number of nitrogens with two attached hydrogens (primary N) is 1. The second kappa shape index (κ2) is 6.91. The number of aromatic amines is 1. The molecule has 130 valence electrons. The Morgan fingerprint density at radius 2 is 2.04 bits per heavy atom. The highest BCUT2D eigenvalue weighted by Crippen LogP contribution is 2.26. The number of hydrogen-bond donors (Lipinski definition) is 3. The molecule has 0 spiro atoms. The van der Waals surface area contributed by atoms with Gasteiger partial charge in [-0.05, 0) is 19.9 Å². The van der Waals surface area contributed by atoms with Crippen molar-refractivity contribution < 1.29 is 22.7 Å². The van der Waals surface area contributed by atoms with Crippen LogP contribution in [0.5, 0.6) is 5.75 Å². The smallest absolute Gasteiger partial charge is 0.405 e. The van der Waals surface area contributed by atoms with E-state index in [4.69, 9.17) is 5.73 Å². The number of para-hydroxylation sites is 1. The van der Waals surface area contributed by atoms with Crippen LogP contribution >= 0.6 is 0 Å². The third-order valence-corrected chi connectivity index (χ3v) is 3.43. The molecule has 0 saturated heterocycles. The minimum absolute atomic E-state index is 0.144. The first-order valence-corrected chi connectivity index (χ1v) is 7.07. The summed E-state index contributed by atoms with van der Waals surface area (Å²) in [5.41, 5.74) is 7.91. The van der Waals surface area contributed by atoms with E-state index < -0.39 is 18.3 Å². The SMILES string of the molecule is Cc1n[nH]c(C)c1[C@H](N)C(=O)NCc1ccccc1OC(F)(F)F. The fraction of sp³-hybridized carbons (Fsp3) is 0.333. The molecule has 24 heavy (non-hydrogen) atoms. The van der Waals surface area contributed by atoms with Crippen molar-refractivity contribution in [3.8, 4) is 5.75 Å². The van der Waals surface area contributed by atoms with Crippen LogP contribution in [0, 0.1) is 13.8 Å². The van der Waals surface area contributed by atoms with Crippen molar-refractivity contribution in [2.75, 3.05) is 0 Å². The molecule has 4 N–H and O–H groups in total. The quantitative estimate of drug-likeness (QED) is 0.777. The fourth-order valence-electron chi connectivity index (χ4n) is 2.32. The zero-order chi connectivity index (χ0) is 17.9. The lowest BCUT2D eigenvalue weighted by Gasteiger charge is -2.15. The number of rotatable bonds is 5. The van der Waals surface area contributed by atoms with Gasteiger partial charge in [-0.2, -0.15) is 5.10 Å². The van der Waals surface area contributed by atoms with Gasteiger partial charge in [0.1, 0.15) is 11.8 Å². The van der Waals surface area contributed by atoms with E-state index in [9.17, 15) is 18.0 Å². The van der Waals surface area contributed by atoms with Gasteiger partial charge < -0.3 is 15.8 Å². The van der Waals surface area contributed by atoms with E-state index in [1.54, 1.807) is 19.9 Å². The summed E-state index contributed by atoms with van der Waals surface area (Å²) in [6, 6.07) is 4.60. The number of nitrogens with one attached hydrogen (secondary N) is 2. The molecule has 0 radical (unpaired) electrons. The normalized spacial score (nSPS) is 12.8. The number of benzene rings is 1. The van der Waals surface area contributed by atoms with Crippen molar-refractivity contribution in [3.63, 3.8) is 0 Å². The Labute approximate surface area is 136 Å². The molecule has 2 rings (SSSR count). The van der Waals surface area contributed by atoms with Gasteiger partial charge in [-0.3, -0.25) is 9.89 Å². The van der Waals surface area contributed by atoms with Gasteiger partial charge in [0.05, 0.1) is 5.69 Å². The number of aryl methyl sites for hydroxylation is 2. The number of aromatic nitrogens is 2. The highest BCUT2D eigenvalue weighted by molar-refractivity contribution is 5.83. The van der Waals surface area contributed by atoms with Gasteiger partial charge in [-0.15, -0.1) is 13.2 Å². The molecule has 1 atom stereocenters. The number of H-pyrrole nitrogens is 1. The molecule has 1 amide bonds. The predicted octanol–water partition coefficient (Wildman–Crippen LogP) is 2.24. The minimum Gasteiger partial charge on any atom is -0.405 e. The second-order valence-corrected chi connectivity index (χ2v) is 5.20. The first-order chi connectivity index (χ1) is 11.2. The van der Waals surface area contributed by atoms with Gasteiger partial charge in [-0.1, -0.05) is 18.2 Å². The molecule has 6 nitrogen and oxygen atoms in total. The number of carbonyl (C=O) groups excluding carboxylic acids is 1. The molecule has 0 fully saturated rings. The average molecular weight is 342 g/mol. The molecule has 0 bridgehead atoms. The highest BCUT2D eigenvalue weighted by atomic mass is 19.4. The Morgan fingerprint density at radius 3 is 2.62 bits per heavy atom.